The number of benzene rings is 1. The fraction of sp³-hybridized carbons (Fsp3) is 0.308. The molecule has 1 aromatic rings. The Morgan fingerprint density at radius 1 is 1.53 bits per heavy atom. The third kappa shape index (κ3) is 4.48. The van der Waals surface area contributed by atoms with Crippen LogP contribution in [-0.2, 0) is 4.79 Å². The minimum absolute atomic E-state index is 0.0538. The van der Waals surface area contributed by atoms with Gasteiger partial charge in [-0.05, 0) is 24.6 Å². The number of nitrogens with one attached hydrogen (secondary N) is 1. The summed E-state index contributed by atoms with van der Waals surface area (Å²) in [4.78, 5) is 11.5. The van der Waals surface area contributed by atoms with Crippen LogP contribution in [0.4, 0.5) is 5.69 Å². The first kappa shape index (κ1) is 13.6. The molecule has 1 aromatic carbocycles. The standard InChI is InChI=1S/C13H14ClNO2/c1-2-4-13(17)15-12-7-6-11(14)9-10(12)5-3-8-16/h6-7,9,16H,2,4,8H2,1H3,(H,15,17). The van der Waals surface area contributed by atoms with Crippen molar-refractivity contribution in [1.82, 2.24) is 0 Å². The number of anilines is 1. The molecular weight excluding hydrogens is 238 g/mol. The smallest absolute Gasteiger partial charge is 0.224 e. The number of hydrogen-bond donors (Lipinski definition) is 2. The summed E-state index contributed by atoms with van der Waals surface area (Å²) < 4.78 is 0. The first-order valence-electron chi connectivity index (χ1n) is 5.36. The number of amides is 1. The Balaban J connectivity index is 2.94. The van der Waals surface area contributed by atoms with Crippen LogP contribution in [0.15, 0.2) is 18.2 Å². The monoisotopic (exact) mass is 251 g/mol. The molecule has 0 aliphatic heterocycles. The van der Waals surface area contributed by atoms with Gasteiger partial charge in [-0.2, -0.15) is 0 Å². The lowest BCUT2D eigenvalue weighted by Gasteiger charge is -2.07. The Kier molecular flexibility index (Phi) is 5.55. The Morgan fingerprint density at radius 3 is 2.94 bits per heavy atom. The van der Waals surface area contributed by atoms with Gasteiger partial charge in [-0.3, -0.25) is 4.79 Å². The molecule has 1 rings (SSSR count). The third-order valence-electron chi connectivity index (χ3n) is 2.03. The van der Waals surface area contributed by atoms with Crippen molar-refractivity contribution in [3.63, 3.8) is 0 Å². The molecule has 0 aromatic heterocycles. The maximum atomic E-state index is 11.5. The number of halogens is 1. The first-order chi connectivity index (χ1) is 8.17. The number of carbonyl (C=O) groups excluding carboxylic acids is 1. The number of carbonyl (C=O) groups is 1. The van der Waals surface area contributed by atoms with Crippen molar-refractivity contribution >= 4 is 23.2 Å². The lowest BCUT2D eigenvalue weighted by Crippen LogP contribution is -2.11. The minimum Gasteiger partial charge on any atom is -0.384 e. The van der Waals surface area contributed by atoms with Gasteiger partial charge in [0, 0.05) is 17.0 Å². The average molecular weight is 252 g/mol. The molecule has 0 aliphatic carbocycles. The predicted molar refractivity (Wildman–Crippen MR) is 69.0 cm³/mol. The van der Waals surface area contributed by atoms with Gasteiger partial charge in [-0.25, -0.2) is 0 Å². The molecule has 0 aliphatic rings. The van der Waals surface area contributed by atoms with E-state index in [1.165, 1.54) is 0 Å². The van der Waals surface area contributed by atoms with Crippen LogP contribution in [0.2, 0.25) is 5.02 Å². The van der Waals surface area contributed by atoms with Crippen molar-refractivity contribution in [2.45, 2.75) is 19.8 Å². The molecule has 0 atom stereocenters. The van der Waals surface area contributed by atoms with Gasteiger partial charge in [0.1, 0.15) is 6.61 Å². The molecule has 3 nitrogen and oxygen atoms in total. The highest BCUT2D eigenvalue weighted by atomic mass is 35.5. The molecule has 1 amide bonds. The van der Waals surface area contributed by atoms with E-state index in [1.54, 1.807) is 18.2 Å². The van der Waals surface area contributed by atoms with Crippen LogP contribution in [-0.4, -0.2) is 17.6 Å². The second kappa shape index (κ2) is 6.95. The quantitative estimate of drug-likeness (QED) is 0.811. The van der Waals surface area contributed by atoms with E-state index in [0.717, 1.165) is 6.42 Å². The zero-order valence-electron chi connectivity index (χ0n) is 9.59. The van der Waals surface area contributed by atoms with Crippen molar-refractivity contribution in [2.75, 3.05) is 11.9 Å². The third-order valence-corrected chi connectivity index (χ3v) is 2.27. The van der Waals surface area contributed by atoms with E-state index < -0.39 is 0 Å². The van der Waals surface area contributed by atoms with Crippen molar-refractivity contribution in [2.24, 2.45) is 0 Å². The number of aliphatic hydroxyl groups is 1. The summed E-state index contributed by atoms with van der Waals surface area (Å²) in [6.45, 7) is 1.71. The maximum absolute atomic E-state index is 11.5. The van der Waals surface area contributed by atoms with E-state index in [4.69, 9.17) is 16.7 Å². The van der Waals surface area contributed by atoms with Gasteiger partial charge >= 0.3 is 0 Å². The second-order valence-corrected chi connectivity index (χ2v) is 3.88. The van der Waals surface area contributed by atoms with E-state index in [9.17, 15) is 4.79 Å². The van der Waals surface area contributed by atoms with Gasteiger partial charge in [-0.15, -0.1) is 0 Å². The van der Waals surface area contributed by atoms with Crippen molar-refractivity contribution in [3.8, 4) is 11.8 Å². The summed E-state index contributed by atoms with van der Waals surface area (Å²) in [5, 5.41) is 12.0. The van der Waals surface area contributed by atoms with Crippen LogP contribution in [0.5, 0.6) is 0 Å². The number of hydrogen-bond acceptors (Lipinski definition) is 2. The van der Waals surface area contributed by atoms with E-state index in [0.29, 0.717) is 22.7 Å². The van der Waals surface area contributed by atoms with Crippen LogP contribution in [0.3, 0.4) is 0 Å². The molecule has 0 bridgehead atoms. The SMILES string of the molecule is CCCC(=O)Nc1ccc(Cl)cc1C#CCO. The van der Waals surface area contributed by atoms with Crippen LogP contribution in [0.25, 0.3) is 0 Å². The van der Waals surface area contributed by atoms with Crippen molar-refractivity contribution < 1.29 is 9.90 Å². The molecule has 0 unspecified atom stereocenters. The van der Waals surface area contributed by atoms with Gasteiger partial charge in [0.25, 0.3) is 0 Å². The molecule has 0 saturated carbocycles. The average Bonchev–Trinajstić information content (AvgIpc) is 2.30. The molecule has 0 heterocycles. The summed E-state index contributed by atoms with van der Waals surface area (Å²) in [6.07, 6.45) is 1.26. The van der Waals surface area contributed by atoms with Crippen molar-refractivity contribution in [1.29, 1.82) is 0 Å². The normalized spacial score (nSPS) is 9.35. The molecular formula is C13H14ClNO2. The van der Waals surface area contributed by atoms with Crippen LogP contribution in [0.1, 0.15) is 25.3 Å². The van der Waals surface area contributed by atoms with Gasteiger partial charge in [0.05, 0.1) is 5.69 Å². The molecule has 90 valence electrons. The first-order valence-corrected chi connectivity index (χ1v) is 5.74. The van der Waals surface area contributed by atoms with Crippen LogP contribution in [0, 0.1) is 11.8 Å². The van der Waals surface area contributed by atoms with Gasteiger partial charge in [-0.1, -0.05) is 30.4 Å². The Hall–Kier alpha value is -1.50. The highest BCUT2D eigenvalue weighted by molar-refractivity contribution is 6.30. The fourth-order valence-electron chi connectivity index (χ4n) is 1.30. The van der Waals surface area contributed by atoms with Crippen LogP contribution >= 0.6 is 11.6 Å². The van der Waals surface area contributed by atoms with Crippen LogP contribution < -0.4 is 5.32 Å². The molecule has 0 spiro atoms. The number of rotatable bonds is 3. The summed E-state index contributed by atoms with van der Waals surface area (Å²) >= 11 is 5.85. The summed E-state index contributed by atoms with van der Waals surface area (Å²) in [5.74, 6) is 5.23. The van der Waals surface area contributed by atoms with E-state index in [-0.39, 0.29) is 12.5 Å². The summed E-state index contributed by atoms with van der Waals surface area (Å²) in [5.41, 5.74) is 1.23. The highest BCUT2D eigenvalue weighted by Gasteiger charge is 2.05. The largest absolute Gasteiger partial charge is 0.384 e. The van der Waals surface area contributed by atoms with E-state index in [1.807, 2.05) is 6.92 Å². The number of aliphatic hydroxyl groups excluding tert-OH is 1. The molecule has 0 radical (unpaired) electrons. The highest BCUT2D eigenvalue weighted by Crippen LogP contribution is 2.20. The van der Waals surface area contributed by atoms with Gasteiger partial charge in [0.2, 0.25) is 5.91 Å². The molecule has 2 N–H and O–H groups in total. The summed E-state index contributed by atoms with van der Waals surface area (Å²) in [7, 11) is 0. The van der Waals surface area contributed by atoms with Crippen molar-refractivity contribution in [3.05, 3.63) is 28.8 Å². The van der Waals surface area contributed by atoms with Gasteiger partial charge in [0.15, 0.2) is 0 Å². The molecule has 0 saturated heterocycles. The summed E-state index contributed by atoms with van der Waals surface area (Å²) in [6, 6.07) is 5.05. The minimum atomic E-state index is -0.227. The lowest BCUT2D eigenvalue weighted by atomic mass is 10.1. The fourth-order valence-corrected chi connectivity index (χ4v) is 1.48. The topological polar surface area (TPSA) is 49.3 Å². The lowest BCUT2D eigenvalue weighted by molar-refractivity contribution is -0.116. The Morgan fingerprint density at radius 2 is 2.29 bits per heavy atom. The molecule has 0 fully saturated rings. The van der Waals surface area contributed by atoms with E-state index >= 15 is 0 Å². The maximum Gasteiger partial charge on any atom is 0.224 e. The predicted octanol–water partition coefficient (Wildman–Crippen LogP) is 2.42. The zero-order valence-corrected chi connectivity index (χ0v) is 10.3. The molecule has 4 heteroatoms. The van der Waals surface area contributed by atoms with Gasteiger partial charge < -0.3 is 10.4 Å². The molecule has 17 heavy (non-hydrogen) atoms. The van der Waals surface area contributed by atoms with E-state index in [2.05, 4.69) is 17.2 Å². The second-order valence-electron chi connectivity index (χ2n) is 3.45. The Labute approximate surface area is 106 Å². The Bertz CT molecular complexity index is 460. The zero-order chi connectivity index (χ0) is 12.7.